The Balaban J connectivity index is 0.00000348. The molecule has 0 atom stereocenters. The zero-order valence-corrected chi connectivity index (χ0v) is 27.0. The summed E-state index contributed by atoms with van der Waals surface area (Å²) in [6.45, 7) is 0. The molecule has 0 N–H and O–H groups in total. The molecule has 0 saturated heterocycles. The average Bonchev–Trinajstić information content (AvgIpc) is 3.72. The van der Waals surface area contributed by atoms with Gasteiger partial charge in [0.15, 0.2) is 17.5 Å². The summed E-state index contributed by atoms with van der Waals surface area (Å²) in [6.07, 6.45) is 0. The molecule has 3 heterocycles. The molecular formula is C46H33N5. The van der Waals surface area contributed by atoms with Crippen LogP contribution < -0.4 is 0 Å². The van der Waals surface area contributed by atoms with E-state index in [2.05, 4.69) is 124 Å². The highest BCUT2D eigenvalue weighted by Crippen LogP contribution is 2.42. The average molecular weight is 656 g/mol. The van der Waals surface area contributed by atoms with Gasteiger partial charge in [-0.05, 0) is 54.6 Å². The van der Waals surface area contributed by atoms with Gasteiger partial charge in [-0.1, -0.05) is 129 Å². The van der Waals surface area contributed by atoms with E-state index < -0.39 is 0 Å². The molecule has 3 aromatic heterocycles. The molecule has 0 radical (unpaired) electrons. The van der Waals surface area contributed by atoms with E-state index in [0.717, 1.165) is 33.6 Å². The zero-order valence-electron chi connectivity index (χ0n) is 27.0. The van der Waals surface area contributed by atoms with Crippen molar-refractivity contribution in [3.05, 3.63) is 176 Å². The second-order valence-corrected chi connectivity index (χ2v) is 12.5. The van der Waals surface area contributed by atoms with Crippen molar-refractivity contribution in [3.8, 4) is 45.5 Å². The van der Waals surface area contributed by atoms with Crippen LogP contribution >= 0.6 is 0 Å². The second kappa shape index (κ2) is 12.2. The molecule has 0 aliphatic carbocycles. The molecule has 0 amide bonds. The second-order valence-electron chi connectivity index (χ2n) is 12.5. The van der Waals surface area contributed by atoms with E-state index in [1.807, 2.05) is 60.7 Å². The van der Waals surface area contributed by atoms with E-state index in [1.165, 1.54) is 38.1 Å². The Kier molecular flexibility index (Phi) is 7.25. The van der Waals surface area contributed by atoms with Crippen LogP contribution in [-0.2, 0) is 0 Å². The van der Waals surface area contributed by atoms with Crippen LogP contribution in [-0.4, -0.2) is 24.1 Å². The van der Waals surface area contributed by atoms with Crippen molar-refractivity contribution in [1.29, 1.82) is 0 Å². The lowest BCUT2D eigenvalue weighted by molar-refractivity contribution is 1.07. The summed E-state index contributed by atoms with van der Waals surface area (Å²) >= 11 is 0. The van der Waals surface area contributed by atoms with Crippen LogP contribution in [0.25, 0.3) is 89.2 Å². The topological polar surface area (TPSA) is 48.5 Å². The van der Waals surface area contributed by atoms with Crippen molar-refractivity contribution >= 4 is 43.6 Å². The standard InChI is InChI=1S/C45H29N5.CH4/c1-4-14-30(15-5-1)43-46-44(31-16-6-2-7-17-31)48-45(47-43)32-24-26-34(27-25-32)50-38-22-12-10-20-35(38)36-28-29-40-41(42(36)50)37-21-11-13-23-39(37)49(40)33-18-8-3-9-19-33;/h1-29H;1H4. The quantitative estimate of drug-likeness (QED) is 0.185. The van der Waals surface area contributed by atoms with Crippen LogP contribution in [0.3, 0.4) is 0 Å². The van der Waals surface area contributed by atoms with Crippen LogP contribution in [0.1, 0.15) is 7.43 Å². The lowest BCUT2D eigenvalue weighted by Gasteiger charge is -2.11. The molecule has 0 fully saturated rings. The maximum absolute atomic E-state index is 4.97. The van der Waals surface area contributed by atoms with Gasteiger partial charge >= 0.3 is 0 Å². The zero-order chi connectivity index (χ0) is 33.0. The summed E-state index contributed by atoms with van der Waals surface area (Å²) in [5.41, 5.74) is 9.78. The van der Waals surface area contributed by atoms with E-state index in [-0.39, 0.29) is 7.43 Å². The van der Waals surface area contributed by atoms with E-state index in [0.29, 0.717) is 17.5 Å². The van der Waals surface area contributed by atoms with Gasteiger partial charge in [0.05, 0.1) is 22.1 Å². The Hall–Kier alpha value is -6.85. The van der Waals surface area contributed by atoms with Crippen molar-refractivity contribution < 1.29 is 0 Å². The van der Waals surface area contributed by atoms with Gasteiger partial charge in [-0.2, -0.15) is 0 Å². The molecule has 0 unspecified atom stereocenters. The summed E-state index contributed by atoms with van der Waals surface area (Å²) in [5.74, 6) is 1.94. The normalized spacial score (nSPS) is 11.4. The van der Waals surface area contributed by atoms with E-state index in [4.69, 9.17) is 15.0 Å². The first kappa shape index (κ1) is 30.2. The molecular weight excluding hydrogens is 623 g/mol. The maximum Gasteiger partial charge on any atom is 0.164 e. The third-order valence-corrected chi connectivity index (χ3v) is 9.57. The third kappa shape index (κ3) is 4.90. The van der Waals surface area contributed by atoms with Crippen LogP contribution in [0.2, 0.25) is 0 Å². The van der Waals surface area contributed by atoms with Crippen molar-refractivity contribution in [1.82, 2.24) is 24.1 Å². The smallest absolute Gasteiger partial charge is 0.164 e. The Labute approximate surface area is 295 Å². The summed E-state index contributed by atoms with van der Waals surface area (Å²) < 4.78 is 4.79. The van der Waals surface area contributed by atoms with Crippen LogP contribution in [0.5, 0.6) is 0 Å². The summed E-state index contributed by atoms with van der Waals surface area (Å²) in [7, 11) is 0. The summed E-state index contributed by atoms with van der Waals surface area (Å²) in [4.78, 5) is 14.8. The number of fused-ring (bicyclic) bond motifs is 7. The minimum absolute atomic E-state index is 0. The monoisotopic (exact) mass is 655 g/mol. The molecule has 5 heteroatoms. The summed E-state index contributed by atoms with van der Waals surface area (Å²) in [6, 6.07) is 61.4. The molecule has 0 spiro atoms. The Morgan fingerprint density at radius 2 is 0.765 bits per heavy atom. The van der Waals surface area contributed by atoms with E-state index in [9.17, 15) is 0 Å². The minimum Gasteiger partial charge on any atom is -0.309 e. The van der Waals surface area contributed by atoms with Gasteiger partial charge in [-0.3, -0.25) is 0 Å². The number of hydrogen-bond acceptors (Lipinski definition) is 3. The number of rotatable bonds is 5. The van der Waals surface area contributed by atoms with Gasteiger partial charge in [0.1, 0.15) is 0 Å². The Morgan fingerprint density at radius 1 is 0.314 bits per heavy atom. The van der Waals surface area contributed by atoms with Gasteiger partial charge in [0, 0.05) is 49.6 Å². The molecule has 10 rings (SSSR count). The highest BCUT2D eigenvalue weighted by atomic mass is 15.0. The van der Waals surface area contributed by atoms with E-state index >= 15 is 0 Å². The molecule has 7 aromatic carbocycles. The van der Waals surface area contributed by atoms with Gasteiger partial charge in [0.2, 0.25) is 0 Å². The lowest BCUT2D eigenvalue weighted by atomic mass is 10.1. The molecule has 0 bridgehead atoms. The first-order chi connectivity index (χ1) is 24.8. The fourth-order valence-electron chi connectivity index (χ4n) is 7.33. The molecule has 51 heavy (non-hydrogen) atoms. The summed E-state index contributed by atoms with van der Waals surface area (Å²) in [5, 5.41) is 4.91. The molecule has 10 aromatic rings. The van der Waals surface area contributed by atoms with Gasteiger partial charge in [-0.25, -0.2) is 15.0 Å². The predicted molar refractivity (Wildman–Crippen MR) is 212 cm³/mol. The third-order valence-electron chi connectivity index (χ3n) is 9.57. The molecule has 242 valence electrons. The van der Waals surface area contributed by atoms with Crippen LogP contribution in [0, 0.1) is 0 Å². The first-order valence-corrected chi connectivity index (χ1v) is 16.8. The van der Waals surface area contributed by atoms with Crippen LogP contribution in [0.15, 0.2) is 176 Å². The number of para-hydroxylation sites is 3. The predicted octanol–water partition coefficient (Wildman–Crippen LogP) is 11.7. The fourth-order valence-corrected chi connectivity index (χ4v) is 7.33. The molecule has 0 aliphatic rings. The van der Waals surface area contributed by atoms with Gasteiger partial charge in [-0.15, -0.1) is 0 Å². The highest BCUT2D eigenvalue weighted by Gasteiger charge is 2.21. The van der Waals surface area contributed by atoms with Gasteiger partial charge in [0.25, 0.3) is 0 Å². The lowest BCUT2D eigenvalue weighted by Crippen LogP contribution is -2.00. The fraction of sp³-hybridized carbons (Fsp3) is 0.0217. The minimum atomic E-state index is 0. The van der Waals surface area contributed by atoms with Crippen molar-refractivity contribution in [3.63, 3.8) is 0 Å². The number of nitrogens with zero attached hydrogens (tertiary/aromatic N) is 5. The number of aromatic nitrogens is 5. The van der Waals surface area contributed by atoms with Crippen molar-refractivity contribution in [2.45, 2.75) is 7.43 Å². The van der Waals surface area contributed by atoms with Crippen molar-refractivity contribution in [2.75, 3.05) is 0 Å². The SMILES string of the molecule is C.c1ccc(-c2nc(-c3ccccc3)nc(-c3ccc(-n4c5ccccc5c5ccc6c(c7ccccc7n6-c6ccccc6)c54)cc3)n2)cc1. The Morgan fingerprint density at radius 3 is 1.35 bits per heavy atom. The maximum atomic E-state index is 4.97. The number of hydrogen-bond donors (Lipinski definition) is 0. The molecule has 0 aliphatic heterocycles. The van der Waals surface area contributed by atoms with Gasteiger partial charge < -0.3 is 9.13 Å². The highest BCUT2D eigenvalue weighted by molar-refractivity contribution is 6.26. The largest absolute Gasteiger partial charge is 0.309 e. The number of benzene rings is 7. The molecule has 0 saturated carbocycles. The van der Waals surface area contributed by atoms with Crippen molar-refractivity contribution in [2.24, 2.45) is 0 Å². The van der Waals surface area contributed by atoms with E-state index in [1.54, 1.807) is 0 Å². The Bertz CT molecular complexity index is 2780. The first-order valence-electron chi connectivity index (χ1n) is 16.8. The van der Waals surface area contributed by atoms with Crippen LogP contribution in [0.4, 0.5) is 0 Å². The molecule has 5 nitrogen and oxygen atoms in total.